The van der Waals surface area contributed by atoms with Gasteiger partial charge in [-0.3, -0.25) is 9.69 Å². The van der Waals surface area contributed by atoms with E-state index >= 15 is 0 Å². The van der Waals surface area contributed by atoms with Crippen LogP contribution in [-0.2, 0) is 19.7 Å². The van der Waals surface area contributed by atoms with E-state index in [0.717, 1.165) is 24.9 Å². The Morgan fingerprint density at radius 1 is 1.04 bits per heavy atom. The number of rotatable bonds is 20. The van der Waals surface area contributed by atoms with Crippen molar-refractivity contribution < 1.29 is 29.3 Å². The summed E-state index contributed by atoms with van der Waals surface area (Å²) >= 11 is 0. The molecule has 1 aromatic carbocycles. The number of nitriles is 1. The van der Waals surface area contributed by atoms with Gasteiger partial charge in [0.05, 0.1) is 17.6 Å². The van der Waals surface area contributed by atoms with Crippen molar-refractivity contribution in [3.8, 4) is 6.07 Å². The number of aliphatic hydroxyl groups excluding tert-OH is 2. The van der Waals surface area contributed by atoms with Gasteiger partial charge in [0, 0.05) is 63.7 Å². The number of aromatic nitrogens is 3. The Labute approximate surface area is 318 Å². The minimum atomic E-state index is -1.27. The fourth-order valence-electron chi connectivity index (χ4n) is 6.30. The van der Waals surface area contributed by atoms with Gasteiger partial charge in [-0.05, 0) is 62.6 Å². The summed E-state index contributed by atoms with van der Waals surface area (Å²) in [6.07, 6.45) is 2.23. The van der Waals surface area contributed by atoms with Crippen LogP contribution in [0.3, 0.4) is 0 Å². The Balaban J connectivity index is 1.28. The highest BCUT2D eigenvalue weighted by Gasteiger charge is 2.45. The van der Waals surface area contributed by atoms with E-state index in [9.17, 15) is 25.1 Å². The van der Waals surface area contributed by atoms with E-state index in [2.05, 4.69) is 63.0 Å². The fourth-order valence-corrected chi connectivity index (χ4v) is 6.30. The summed E-state index contributed by atoms with van der Waals surface area (Å²) in [5.74, 6) is 0.438. The molecule has 0 bridgehead atoms. The average Bonchev–Trinajstić information content (AvgIpc) is 3.65. The highest BCUT2D eigenvalue weighted by molar-refractivity contribution is 5.93. The summed E-state index contributed by atoms with van der Waals surface area (Å²) in [7, 11) is 0. The number of urea groups is 1. The predicted octanol–water partition coefficient (Wildman–Crippen LogP) is 4.27. The first-order valence-corrected chi connectivity index (χ1v) is 19.1. The van der Waals surface area contributed by atoms with Gasteiger partial charge >= 0.3 is 6.03 Å². The molecule has 4 atom stereocenters. The Bertz CT molecular complexity index is 1680. The van der Waals surface area contributed by atoms with Gasteiger partial charge < -0.3 is 45.5 Å². The number of unbranched alkanes of at least 4 members (excludes halogenated alkanes) is 1. The van der Waals surface area contributed by atoms with Crippen LogP contribution in [0.4, 0.5) is 16.3 Å². The molecule has 2 aromatic heterocycles. The SMILES string of the molecule is CCCOCCC(=O)NCCCCNc1ncnc2c1c(C#N)cn2[C@@H]1O[C@H](CN(CCCNC(=O)Nc2ccc(C(C)(C)C)cc2)C(C)C)C(O)[C@@H]1O. The zero-order chi connectivity index (χ0) is 39.3. The van der Waals surface area contributed by atoms with Crippen molar-refractivity contribution >= 4 is 34.5 Å². The summed E-state index contributed by atoms with van der Waals surface area (Å²) in [6.45, 7) is 16.1. The van der Waals surface area contributed by atoms with Gasteiger partial charge in [-0.2, -0.15) is 5.26 Å². The van der Waals surface area contributed by atoms with Crippen LogP contribution in [0.5, 0.6) is 0 Å². The highest BCUT2D eigenvalue weighted by atomic mass is 16.6. The molecule has 1 fully saturated rings. The molecule has 54 heavy (non-hydrogen) atoms. The Morgan fingerprint density at radius 3 is 2.44 bits per heavy atom. The van der Waals surface area contributed by atoms with E-state index in [1.54, 1.807) is 10.8 Å². The second-order valence-corrected chi connectivity index (χ2v) is 15.0. The summed E-state index contributed by atoms with van der Waals surface area (Å²) in [5.41, 5.74) is 2.65. The maximum Gasteiger partial charge on any atom is 0.319 e. The Morgan fingerprint density at radius 2 is 1.76 bits per heavy atom. The van der Waals surface area contributed by atoms with Crippen LogP contribution in [0.25, 0.3) is 11.0 Å². The molecule has 0 saturated carbocycles. The molecule has 3 amide bonds. The highest BCUT2D eigenvalue weighted by Crippen LogP contribution is 2.35. The third-order valence-corrected chi connectivity index (χ3v) is 9.44. The van der Waals surface area contributed by atoms with Crippen molar-refractivity contribution in [2.24, 2.45) is 0 Å². The van der Waals surface area contributed by atoms with Gasteiger partial charge in [-0.1, -0.05) is 39.8 Å². The van der Waals surface area contributed by atoms with E-state index in [4.69, 9.17) is 9.47 Å². The van der Waals surface area contributed by atoms with Crippen molar-refractivity contribution in [1.29, 1.82) is 5.26 Å². The number of nitrogens with zero attached hydrogens (tertiary/aromatic N) is 5. The molecule has 296 valence electrons. The lowest BCUT2D eigenvalue weighted by Crippen LogP contribution is -2.44. The number of hydrogen-bond donors (Lipinski definition) is 6. The molecule has 6 N–H and O–H groups in total. The second kappa shape index (κ2) is 20.4. The first-order valence-electron chi connectivity index (χ1n) is 19.1. The molecule has 3 aromatic rings. The second-order valence-electron chi connectivity index (χ2n) is 15.0. The van der Waals surface area contributed by atoms with Gasteiger partial charge in [0.1, 0.15) is 42.2 Å². The molecule has 3 heterocycles. The number of aliphatic hydroxyl groups is 2. The van der Waals surface area contributed by atoms with E-state index in [0.29, 0.717) is 81.2 Å². The smallest absolute Gasteiger partial charge is 0.319 e. The summed E-state index contributed by atoms with van der Waals surface area (Å²) in [4.78, 5) is 35.4. The number of amides is 3. The Kier molecular flexibility index (Phi) is 16.0. The molecule has 1 aliphatic heterocycles. The number of anilines is 2. The number of fused-ring (bicyclic) bond motifs is 1. The zero-order valence-corrected chi connectivity index (χ0v) is 32.6. The molecule has 0 spiro atoms. The summed E-state index contributed by atoms with van der Waals surface area (Å²) in [6, 6.07) is 9.86. The number of carbonyl (C=O) groups is 2. The normalized spacial score (nSPS) is 18.6. The average molecular weight is 750 g/mol. The van der Waals surface area contributed by atoms with Gasteiger partial charge in [0.25, 0.3) is 0 Å². The number of hydrogen-bond acceptors (Lipinski definition) is 11. The topological polar surface area (TPSA) is 199 Å². The molecule has 4 rings (SSSR count). The predicted molar refractivity (Wildman–Crippen MR) is 208 cm³/mol. The van der Waals surface area contributed by atoms with Gasteiger partial charge in [0.2, 0.25) is 5.91 Å². The fraction of sp³-hybridized carbons (Fsp3) is 0.615. The molecule has 1 saturated heterocycles. The third-order valence-electron chi connectivity index (χ3n) is 9.44. The zero-order valence-electron chi connectivity index (χ0n) is 32.6. The van der Waals surface area contributed by atoms with Crippen molar-refractivity contribution in [3.63, 3.8) is 0 Å². The lowest BCUT2D eigenvalue weighted by Gasteiger charge is -2.30. The number of carbonyl (C=O) groups excluding carboxylic acids is 2. The van der Waals surface area contributed by atoms with Crippen LogP contribution < -0.4 is 21.3 Å². The molecular weight excluding hydrogens is 690 g/mol. The van der Waals surface area contributed by atoms with Crippen LogP contribution in [-0.4, -0.2) is 112 Å². The van der Waals surface area contributed by atoms with E-state index in [-0.39, 0.29) is 23.4 Å². The van der Waals surface area contributed by atoms with Crippen LogP contribution >= 0.6 is 0 Å². The monoisotopic (exact) mass is 749 g/mol. The van der Waals surface area contributed by atoms with Crippen molar-refractivity contribution in [2.75, 3.05) is 56.6 Å². The molecule has 15 nitrogen and oxygen atoms in total. The minimum absolute atomic E-state index is 0.0319. The third kappa shape index (κ3) is 11.8. The molecule has 0 aliphatic carbocycles. The van der Waals surface area contributed by atoms with Gasteiger partial charge in [-0.15, -0.1) is 0 Å². The van der Waals surface area contributed by atoms with Gasteiger partial charge in [0.15, 0.2) is 6.23 Å². The minimum Gasteiger partial charge on any atom is -0.387 e. The van der Waals surface area contributed by atoms with Crippen LogP contribution in [0.1, 0.15) is 91.0 Å². The molecule has 0 radical (unpaired) electrons. The number of benzene rings is 1. The quantitative estimate of drug-likeness (QED) is 0.0903. The number of nitrogens with one attached hydrogen (secondary N) is 4. The molecule has 1 unspecified atom stereocenters. The van der Waals surface area contributed by atoms with Gasteiger partial charge in [-0.25, -0.2) is 14.8 Å². The first kappa shape index (κ1) is 42.4. The first-order chi connectivity index (χ1) is 25.8. The lowest BCUT2D eigenvalue weighted by atomic mass is 9.87. The van der Waals surface area contributed by atoms with Crippen molar-refractivity contribution in [1.82, 2.24) is 30.1 Å². The van der Waals surface area contributed by atoms with Crippen molar-refractivity contribution in [2.45, 2.75) is 110 Å². The maximum atomic E-state index is 12.5. The number of ether oxygens (including phenoxy) is 2. The standard InChI is InChI=1S/C39H59N9O6/c1-7-20-53-21-15-31(49)41-16-8-9-17-42-35-32-27(22-40)23-48(36(32)45-25-44-35)37-34(51)33(50)30(54-37)24-47(26(2)3)19-10-18-43-38(52)46-29-13-11-28(12-14-29)39(4,5)6/h11-14,23,25-26,30,33-34,37,50-51H,7-10,15-21,24H2,1-6H3,(H,41,49)(H,42,44,45)(H2,43,46,52)/t30-,33?,34+,37-/m1/s1. The van der Waals surface area contributed by atoms with E-state index < -0.39 is 24.5 Å². The molecular formula is C39H59N9O6. The summed E-state index contributed by atoms with van der Waals surface area (Å²) < 4.78 is 13.2. The van der Waals surface area contributed by atoms with E-state index in [1.165, 1.54) is 11.9 Å². The lowest BCUT2D eigenvalue weighted by molar-refractivity contribution is -0.122. The van der Waals surface area contributed by atoms with Crippen molar-refractivity contribution in [3.05, 3.63) is 47.9 Å². The molecule has 15 heteroatoms. The Hall–Kier alpha value is -4.33. The molecule has 1 aliphatic rings. The van der Waals surface area contributed by atoms with E-state index in [1.807, 2.05) is 45.0 Å². The summed E-state index contributed by atoms with van der Waals surface area (Å²) in [5, 5.41) is 44.8. The van der Waals surface area contributed by atoms with Crippen LogP contribution in [0.15, 0.2) is 36.8 Å². The van der Waals surface area contributed by atoms with Crippen LogP contribution in [0, 0.1) is 11.3 Å². The maximum absolute atomic E-state index is 12.5. The largest absolute Gasteiger partial charge is 0.387 e. The van der Waals surface area contributed by atoms with Crippen LogP contribution in [0.2, 0.25) is 0 Å².